The van der Waals surface area contributed by atoms with Gasteiger partial charge in [-0.25, -0.2) is 9.59 Å². The highest BCUT2D eigenvalue weighted by atomic mass is 16.6. The molecule has 0 radical (unpaired) electrons. The molecule has 0 saturated carbocycles. The Balaban J connectivity index is 1.58. The summed E-state index contributed by atoms with van der Waals surface area (Å²) in [6.45, 7) is 5.95. The molecule has 128 valence electrons. The summed E-state index contributed by atoms with van der Waals surface area (Å²) in [6, 6.07) is 7.31. The van der Waals surface area contributed by atoms with Crippen LogP contribution < -0.4 is 5.32 Å². The molecule has 0 aliphatic carbocycles. The van der Waals surface area contributed by atoms with Gasteiger partial charge in [0.25, 0.3) is 0 Å². The third-order valence-electron chi connectivity index (χ3n) is 3.98. The second kappa shape index (κ2) is 6.82. The number of carbonyl (C=O) groups is 2. The van der Waals surface area contributed by atoms with E-state index in [-0.39, 0.29) is 12.1 Å². The predicted octanol–water partition coefficient (Wildman–Crippen LogP) is 3.05. The maximum Gasteiger partial charge on any atom is 0.409 e. The Labute approximate surface area is 140 Å². The van der Waals surface area contributed by atoms with Crippen molar-refractivity contribution in [3.8, 4) is 0 Å². The van der Waals surface area contributed by atoms with Crippen LogP contribution in [-0.2, 0) is 4.74 Å². The molecule has 0 atom stereocenters. The van der Waals surface area contributed by atoms with Crippen LogP contribution in [0.1, 0.15) is 12.7 Å². The van der Waals surface area contributed by atoms with Crippen LogP contribution in [0.5, 0.6) is 0 Å². The van der Waals surface area contributed by atoms with Gasteiger partial charge in [0, 0.05) is 37.3 Å². The minimum Gasteiger partial charge on any atom is -0.461 e. The number of nitrogens with one attached hydrogen (secondary N) is 1. The zero-order valence-corrected chi connectivity index (χ0v) is 13.9. The van der Waals surface area contributed by atoms with Gasteiger partial charge in [0.05, 0.1) is 6.61 Å². The molecular formula is C17H21N3O4. The van der Waals surface area contributed by atoms with Gasteiger partial charge in [0.1, 0.15) is 11.3 Å². The molecule has 2 aromatic rings. The summed E-state index contributed by atoms with van der Waals surface area (Å²) >= 11 is 0. The average Bonchev–Trinajstić information content (AvgIpc) is 2.94. The largest absolute Gasteiger partial charge is 0.461 e. The van der Waals surface area contributed by atoms with E-state index in [0.29, 0.717) is 32.8 Å². The smallest absolute Gasteiger partial charge is 0.409 e. The van der Waals surface area contributed by atoms with E-state index in [9.17, 15) is 9.59 Å². The number of carbonyl (C=O) groups excluding carboxylic acids is 2. The maximum atomic E-state index is 12.4. The summed E-state index contributed by atoms with van der Waals surface area (Å²) in [7, 11) is 0. The first-order chi connectivity index (χ1) is 11.6. The standard InChI is InChI=1S/C17H21N3O4/c1-3-23-17(22)20-8-6-19(7-9-20)16(21)18-14-4-5-15-13(11-14)10-12(2)24-15/h4-5,10-11H,3,6-9H2,1-2H3,(H,18,21). The van der Waals surface area contributed by atoms with E-state index >= 15 is 0 Å². The minimum absolute atomic E-state index is 0.168. The van der Waals surface area contributed by atoms with E-state index in [1.807, 2.05) is 31.2 Å². The molecule has 24 heavy (non-hydrogen) atoms. The fourth-order valence-corrected chi connectivity index (χ4v) is 2.76. The molecule has 1 aliphatic heterocycles. The van der Waals surface area contributed by atoms with Crippen LogP contribution in [0, 0.1) is 6.92 Å². The number of benzene rings is 1. The molecule has 3 amide bonds. The van der Waals surface area contributed by atoms with Crippen LogP contribution in [0.2, 0.25) is 0 Å². The first-order valence-corrected chi connectivity index (χ1v) is 8.04. The van der Waals surface area contributed by atoms with Gasteiger partial charge in [0.15, 0.2) is 0 Å². The monoisotopic (exact) mass is 331 g/mol. The summed E-state index contributed by atoms with van der Waals surface area (Å²) in [5.74, 6) is 0.837. The van der Waals surface area contributed by atoms with Crippen LogP contribution in [0.3, 0.4) is 0 Å². The van der Waals surface area contributed by atoms with E-state index < -0.39 is 0 Å². The topological polar surface area (TPSA) is 75.0 Å². The number of nitrogens with zero attached hydrogens (tertiary/aromatic N) is 2. The highest BCUT2D eigenvalue weighted by Crippen LogP contribution is 2.23. The second-order valence-corrected chi connectivity index (χ2v) is 5.71. The lowest BCUT2D eigenvalue weighted by atomic mass is 10.2. The predicted molar refractivity (Wildman–Crippen MR) is 90.1 cm³/mol. The summed E-state index contributed by atoms with van der Waals surface area (Å²) in [5.41, 5.74) is 1.52. The summed E-state index contributed by atoms with van der Waals surface area (Å²) in [4.78, 5) is 27.3. The van der Waals surface area contributed by atoms with E-state index in [2.05, 4.69) is 5.32 Å². The van der Waals surface area contributed by atoms with Gasteiger partial charge in [-0.05, 0) is 38.1 Å². The number of amides is 3. The molecule has 3 rings (SSSR count). The summed E-state index contributed by atoms with van der Waals surface area (Å²) < 4.78 is 10.5. The van der Waals surface area contributed by atoms with Gasteiger partial charge in [-0.15, -0.1) is 0 Å². The van der Waals surface area contributed by atoms with Crippen molar-refractivity contribution in [2.75, 3.05) is 38.1 Å². The zero-order valence-electron chi connectivity index (χ0n) is 13.9. The van der Waals surface area contributed by atoms with Gasteiger partial charge in [-0.1, -0.05) is 0 Å². The third-order valence-corrected chi connectivity index (χ3v) is 3.98. The Morgan fingerprint density at radius 2 is 1.88 bits per heavy atom. The van der Waals surface area contributed by atoms with Crippen molar-refractivity contribution < 1.29 is 18.7 Å². The Morgan fingerprint density at radius 3 is 2.58 bits per heavy atom. The average molecular weight is 331 g/mol. The van der Waals surface area contributed by atoms with Crippen molar-refractivity contribution in [3.63, 3.8) is 0 Å². The SMILES string of the molecule is CCOC(=O)N1CCN(C(=O)Nc2ccc3oc(C)cc3c2)CC1. The number of fused-ring (bicyclic) bond motifs is 1. The van der Waals surface area contributed by atoms with Gasteiger partial charge in [0.2, 0.25) is 0 Å². The first-order valence-electron chi connectivity index (χ1n) is 8.04. The van der Waals surface area contributed by atoms with Crippen LogP contribution in [-0.4, -0.2) is 54.7 Å². The Morgan fingerprint density at radius 1 is 1.17 bits per heavy atom. The zero-order chi connectivity index (χ0) is 17.1. The molecule has 1 aromatic heterocycles. The lowest BCUT2D eigenvalue weighted by Crippen LogP contribution is -2.51. The molecule has 0 bridgehead atoms. The molecule has 1 N–H and O–H groups in total. The van der Waals surface area contributed by atoms with E-state index in [1.165, 1.54) is 0 Å². The molecule has 1 aliphatic rings. The molecule has 2 heterocycles. The maximum absolute atomic E-state index is 12.4. The highest BCUT2D eigenvalue weighted by Gasteiger charge is 2.24. The Bertz CT molecular complexity index is 747. The Hall–Kier alpha value is -2.70. The quantitative estimate of drug-likeness (QED) is 0.918. The van der Waals surface area contributed by atoms with Crippen molar-refractivity contribution in [1.29, 1.82) is 0 Å². The number of urea groups is 1. The number of rotatable bonds is 2. The van der Waals surface area contributed by atoms with Crippen LogP contribution in [0.4, 0.5) is 15.3 Å². The first kappa shape index (κ1) is 16.2. The molecular weight excluding hydrogens is 310 g/mol. The summed E-state index contributed by atoms with van der Waals surface area (Å²) in [6.07, 6.45) is -0.321. The van der Waals surface area contributed by atoms with E-state index in [0.717, 1.165) is 22.4 Å². The minimum atomic E-state index is -0.321. The molecule has 1 fully saturated rings. The second-order valence-electron chi connectivity index (χ2n) is 5.71. The number of hydrogen-bond donors (Lipinski definition) is 1. The van der Waals surface area contributed by atoms with E-state index in [1.54, 1.807) is 16.7 Å². The number of aryl methyl sites for hydroxylation is 1. The van der Waals surface area contributed by atoms with Crippen molar-refractivity contribution in [2.24, 2.45) is 0 Å². The molecule has 7 heteroatoms. The van der Waals surface area contributed by atoms with Crippen LogP contribution in [0.25, 0.3) is 11.0 Å². The van der Waals surface area contributed by atoms with Crippen LogP contribution in [0.15, 0.2) is 28.7 Å². The molecule has 0 unspecified atom stereocenters. The lowest BCUT2D eigenvalue weighted by Gasteiger charge is -2.33. The van der Waals surface area contributed by atoms with Gasteiger partial charge in [-0.2, -0.15) is 0 Å². The van der Waals surface area contributed by atoms with Gasteiger partial charge in [-0.3, -0.25) is 0 Å². The third kappa shape index (κ3) is 3.45. The molecule has 1 aromatic carbocycles. The van der Waals surface area contributed by atoms with Gasteiger partial charge >= 0.3 is 12.1 Å². The number of hydrogen-bond acceptors (Lipinski definition) is 4. The fourth-order valence-electron chi connectivity index (χ4n) is 2.76. The van der Waals surface area contributed by atoms with Crippen molar-refractivity contribution in [1.82, 2.24) is 9.80 Å². The van der Waals surface area contributed by atoms with Gasteiger partial charge < -0.3 is 24.3 Å². The molecule has 0 spiro atoms. The molecule has 7 nitrogen and oxygen atoms in total. The number of piperazine rings is 1. The van der Waals surface area contributed by atoms with E-state index in [4.69, 9.17) is 9.15 Å². The van der Waals surface area contributed by atoms with Crippen molar-refractivity contribution in [2.45, 2.75) is 13.8 Å². The molecule has 1 saturated heterocycles. The summed E-state index contributed by atoms with van der Waals surface area (Å²) in [5, 5.41) is 3.85. The fraction of sp³-hybridized carbons (Fsp3) is 0.412. The number of ether oxygens (including phenoxy) is 1. The highest BCUT2D eigenvalue weighted by molar-refractivity contribution is 5.92. The van der Waals surface area contributed by atoms with Crippen LogP contribution >= 0.6 is 0 Å². The Kier molecular flexibility index (Phi) is 4.59. The normalized spacial score (nSPS) is 14.8. The van der Waals surface area contributed by atoms with Crippen molar-refractivity contribution >= 4 is 28.8 Å². The van der Waals surface area contributed by atoms with Crippen molar-refractivity contribution in [3.05, 3.63) is 30.0 Å². The number of anilines is 1. The number of furan rings is 1. The lowest BCUT2D eigenvalue weighted by molar-refractivity contribution is 0.0868.